The lowest BCUT2D eigenvalue weighted by molar-refractivity contribution is 0.118. The molecule has 1 saturated heterocycles. The van der Waals surface area contributed by atoms with Gasteiger partial charge in [-0.25, -0.2) is 0 Å². The van der Waals surface area contributed by atoms with Crippen LogP contribution in [0, 0.1) is 11.8 Å². The highest BCUT2D eigenvalue weighted by atomic mass is 16.3. The van der Waals surface area contributed by atoms with Crippen LogP contribution >= 0.6 is 0 Å². The van der Waals surface area contributed by atoms with E-state index in [9.17, 15) is 0 Å². The molecule has 1 aliphatic rings. The number of piperidine rings is 1. The van der Waals surface area contributed by atoms with Crippen molar-refractivity contribution in [3.05, 3.63) is 35.9 Å². The van der Waals surface area contributed by atoms with Crippen LogP contribution in [0.5, 0.6) is 0 Å². The van der Waals surface area contributed by atoms with E-state index in [1.165, 1.54) is 5.56 Å². The molecule has 0 aromatic heterocycles. The summed E-state index contributed by atoms with van der Waals surface area (Å²) in [6.07, 6.45) is 2.23. The Hall–Kier alpha value is -0.900. The fraction of sp³-hybridized carbons (Fsp3) is 0.625. The quantitative estimate of drug-likeness (QED) is 0.853. The van der Waals surface area contributed by atoms with Crippen molar-refractivity contribution < 1.29 is 5.11 Å². The van der Waals surface area contributed by atoms with Crippen molar-refractivity contribution in [2.24, 2.45) is 17.6 Å². The Morgan fingerprint density at radius 3 is 2.47 bits per heavy atom. The Kier molecular flexibility index (Phi) is 5.37. The summed E-state index contributed by atoms with van der Waals surface area (Å²) in [5.74, 6) is 0.961. The summed E-state index contributed by atoms with van der Waals surface area (Å²) < 4.78 is 0. The predicted molar refractivity (Wildman–Crippen MR) is 78.8 cm³/mol. The van der Waals surface area contributed by atoms with Crippen LogP contribution in [0.3, 0.4) is 0 Å². The second kappa shape index (κ2) is 7.04. The standard InChI is InChI=1S/C16H26N2O/c1-13(16(17)15-5-3-2-4-6-15)11-18-9-7-14(12-19)8-10-18/h2-6,13-14,16,19H,7-12,17H2,1H3/t13-,16+/m0/s1. The van der Waals surface area contributed by atoms with Crippen LogP contribution in [0.2, 0.25) is 0 Å². The number of aliphatic hydroxyl groups is 1. The molecule has 0 spiro atoms. The van der Waals surface area contributed by atoms with Gasteiger partial charge in [0.2, 0.25) is 0 Å². The van der Waals surface area contributed by atoms with Gasteiger partial charge in [-0.05, 0) is 43.3 Å². The van der Waals surface area contributed by atoms with E-state index in [1.54, 1.807) is 0 Å². The minimum absolute atomic E-state index is 0.108. The summed E-state index contributed by atoms with van der Waals surface area (Å²) in [6, 6.07) is 10.5. The largest absolute Gasteiger partial charge is 0.396 e. The maximum atomic E-state index is 9.16. The highest BCUT2D eigenvalue weighted by molar-refractivity contribution is 5.19. The Balaban J connectivity index is 1.83. The monoisotopic (exact) mass is 262 g/mol. The number of likely N-dealkylation sites (tertiary alicyclic amines) is 1. The van der Waals surface area contributed by atoms with Gasteiger partial charge in [0, 0.05) is 19.2 Å². The molecule has 106 valence electrons. The molecule has 2 atom stereocenters. The highest BCUT2D eigenvalue weighted by Gasteiger charge is 2.22. The lowest BCUT2D eigenvalue weighted by Gasteiger charge is -2.34. The number of nitrogens with two attached hydrogens (primary N) is 1. The first-order chi connectivity index (χ1) is 9.20. The van der Waals surface area contributed by atoms with Crippen LogP contribution in [0.4, 0.5) is 0 Å². The van der Waals surface area contributed by atoms with Crippen molar-refractivity contribution in [1.82, 2.24) is 4.90 Å². The van der Waals surface area contributed by atoms with Gasteiger partial charge < -0.3 is 15.7 Å². The molecule has 3 heteroatoms. The van der Waals surface area contributed by atoms with E-state index in [-0.39, 0.29) is 6.04 Å². The Morgan fingerprint density at radius 1 is 1.26 bits per heavy atom. The molecule has 3 N–H and O–H groups in total. The summed E-state index contributed by atoms with van der Waals surface area (Å²) in [4.78, 5) is 2.49. The zero-order chi connectivity index (χ0) is 13.7. The Morgan fingerprint density at radius 2 is 1.89 bits per heavy atom. The van der Waals surface area contributed by atoms with E-state index in [1.807, 2.05) is 6.07 Å². The predicted octanol–water partition coefficient (Wildman–Crippen LogP) is 2.03. The molecule has 1 aromatic rings. The van der Waals surface area contributed by atoms with Crippen molar-refractivity contribution in [2.75, 3.05) is 26.2 Å². The average molecular weight is 262 g/mol. The summed E-state index contributed by atoms with van der Waals surface area (Å²) in [5, 5.41) is 9.16. The minimum atomic E-state index is 0.108. The van der Waals surface area contributed by atoms with Crippen LogP contribution in [0.15, 0.2) is 30.3 Å². The summed E-state index contributed by atoms with van der Waals surface area (Å²) in [7, 11) is 0. The van der Waals surface area contributed by atoms with E-state index in [0.717, 1.165) is 32.5 Å². The Labute approximate surface area is 116 Å². The van der Waals surface area contributed by atoms with E-state index in [2.05, 4.69) is 36.1 Å². The van der Waals surface area contributed by atoms with Gasteiger partial charge in [0.15, 0.2) is 0 Å². The van der Waals surface area contributed by atoms with Crippen LogP contribution in [0.1, 0.15) is 31.4 Å². The van der Waals surface area contributed by atoms with Crippen molar-refractivity contribution in [3.63, 3.8) is 0 Å². The van der Waals surface area contributed by atoms with Gasteiger partial charge >= 0.3 is 0 Å². The number of hydrogen-bond acceptors (Lipinski definition) is 3. The molecule has 1 heterocycles. The summed E-state index contributed by atoms with van der Waals surface area (Å²) >= 11 is 0. The molecule has 0 bridgehead atoms. The molecule has 1 fully saturated rings. The fourth-order valence-electron chi connectivity index (χ4n) is 2.88. The normalized spacial score (nSPS) is 21.2. The van der Waals surface area contributed by atoms with Crippen LogP contribution in [0.25, 0.3) is 0 Å². The number of benzene rings is 1. The molecule has 0 amide bonds. The van der Waals surface area contributed by atoms with Gasteiger partial charge in [0.05, 0.1) is 0 Å². The van der Waals surface area contributed by atoms with Crippen LogP contribution in [-0.2, 0) is 0 Å². The third-order valence-electron chi connectivity index (χ3n) is 4.31. The van der Waals surface area contributed by atoms with Gasteiger partial charge in [0.25, 0.3) is 0 Å². The highest BCUT2D eigenvalue weighted by Crippen LogP contribution is 2.23. The van der Waals surface area contributed by atoms with Gasteiger partial charge in [-0.1, -0.05) is 37.3 Å². The Bertz CT molecular complexity index is 360. The van der Waals surface area contributed by atoms with E-state index < -0.39 is 0 Å². The van der Waals surface area contributed by atoms with Crippen molar-refractivity contribution >= 4 is 0 Å². The molecule has 1 aliphatic heterocycles. The molecule has 19 heavy (non-hydrogen) atoms. The fourth-order valence-corrected chi connectivity index (χ4v) is 2.88. The molecule has 0 saturated carbocycles. The molecular weight excluding hydrogens is 236 g/mol. The third kappa shape index (κ3) is 4.03. The maximum Gasteiger partial charge on any atom is 0.0460 e. The van der Waals surface area contributed by atoms with Crippen molar-refractivity contribution in [2.45, 2.75) is 25.8 Å². The third-order valence-corrected chi connectivity index (χ3v) is 4.31. The lowest BCUT2D eigenvalue weighted by Crippen LogP contribution is -2.39. The summed E-state index contributed by atoms with van der Waals surface area (Å²) in [5.41, 5.74) is 7.56. The molecule has 2 rings (SSSR count). The van der Waals surface area contributed by atoms with Gasteiger partial charge in [-0.2, -0.15) is 0 Å². The minimum Gasteiger partial charge on any atom is -0.396 e. The second-order valence-corrected chi connectivity index (χ2v) is 5.84. The lowest BCUT2D eigenvalue weighted by atomic mass is 9.92. The first-order valence-corrected chi connectivity index (χ1v) is 7.34. The first-order valence-electron chi connectivity index (χ1n) is 7.34. The number of hydrogen-bond donors (Lipinski definition) is 2. The molecular formula is C16H26N2O. The molecule has 0 radical (unpaired) electrons. The van der Waals surface area contributed by atoms with Crippen molar-refractivity contribution in [1.29, 1.82) is 0 Å². The van der Waals surface area contributed by atoms with Crippen molar-refractivity contribution in [3.8, 4) is 0 Å². The van der Waals surface area contributed by atoms with Gasteiger partial charge in [-0.3, -0.25) is 0 Å². The first kappa shape index (κ1) is 14.5. The average Bonchev–Trinajstić information content (AvgIpc) is 2.48. The SMILES string of the molecule is C[C@@H](CN1CCC(CO)CC1)[C@@H](N)c1ccccc1. The van der Waals surface area contributed by atoms with Gasteiger partial charge in [0.1, 0.15) is 0 Å². The number of nitrogens with zero attached hydrogens (tertiary/aromatic N) is 1. The van der Waals surface area contributed by atoms with E-state index in [4.69, 9.17) is 10.8 Å². The number of rotatable bonds is 5. The topological polar surface area (TPSA) is 49.5 Å². The van der Waals surface area contributed by atoms with Crippen LogP contribution < -0.4 is 5.73 Å². The number of aliphatic hydroxyl groups excluding tert-OH is 1. The van der Waals surface area contributed by atoms with Crippen LogP contribution in [-0.4, -0.2) is 36.2 Å². The second-order valence-electron chi connectivity index (χ2n) is 5.84. The van der Waals surface area contributed by atoms with E-state index >= 15 is 0 Å². The molecule has 1 aromatic carbocycles. The molecule has 0 aliphatic carbocycles. The van der Waals surface area contributed by atoms with Gasteiger partial charge in [-0.15, -0.1) is 0 Å². The zero-order valence-corrected chi connectivity index (χ0v) is 11.8. The van der Waals surface area contributed by atoms with E-state index in [0.29, 0.717) is 18.4 Å². The zero-order valence-electron chi connectivity index (χ0n) is 11.8. The molecule has 0 unspecified atom stereocenters. The molecule has 3 nitrogen and oxygen atoms in total. The smallest absolute Gasteiger partial charge is 0.0460 e. The summed E-state index contributed by atoms with van der Waals surface area (Å²) in [6.45, 7) is 5.81. The maximum absolute atomic E-state index is 9.16.